The molecule has 1 rings (SSSR count). The van der Waals surface area contributed by atoms with Crippen molar-refractivity contribution in [1.29, 1.82) is 0 Å². The molecule has 3 N–H and O–H groups in total. The molecular formula is C14H31IN4. The molecule has 0 aromatic carbocycles. The summed E-state index contributed by atoms with van der Waals surface area (Å²) in [4.78, 5) is 6.81. The van der Waals surface area contributed by atoms with Gasteiger partial charge >= 0.3 is 0 Å². The number of guanidine groups is 1. The van der Waals surface area contributed by atoms with Crippen LogP contribution >= 0.6 is 24.0 Å². The third-order valence-electron chi connectivity index (χ3n) is 3.69. The van der Waals surface area contributed by atoms with Gasteiger partial charge in [-0.3, -0.25) is 4.99 Å². The van der Waals surface area contributed by atoms with Crippen molar-refractivity contribution in [2.75, 3.05) is 33.2 Å². The summed E-state index contributed by atoms with van der Waals surface area (Å²) in [5.41, 5.74) is 5.83. The first kappa shape index (κ1) is 19.0. The number of halogens is 1. The van der Waals surface area contributed by atoms with Crippen molar-refractivity contribution in [2.24, 2.45) is 22.6 Å². The number of hydrogen-bond acceptors (Lipinski definition) is 2. The van der Waals surface area contributed by atoms with Gasteiger partial charge in [-0.25, -0.2) is 0 Å². The summed E-state index contributed by atoms with van der Waals surface area (Å²) in [5, 5.41) is 3.18. The smallest absolute Gasteiger partial charge is 0.188 e. The second-order valence-corrected chi connectivity index (χ2v) is 5.91. The number of hydrogen-bond donors (Lipinski definition) is 2. The highest BCUT2D eigenvalue weighted by Crippen LogP contribution is 2.19. The first-order chi connectivity index (χ1) is 8.58. The number of nitrogens with one attached hydrogen (secondary N) is 1. The summed E-state index contributed by atoms with van der Waals surface area (Å²) < 4.78 is 0. The lowest BCUT2D eigenvalue weighted by atomic mass is 9.94. The Morgan fingerprint density at radius 3 is 2.58 bits per heavy atom. The molecule has 0 radical (unpaired) electrons. The Kier molecular flexibility index (Phi) is 10.7. The highest BCUT2D eigenvalue weighted by molar-refractivity contribution is 14.0. The van der Waals surface area contributed by atoms with Crippen LogP contribution in [0.2, 0.25) is 0 Å². The molecule has 1 saturated heterocycles. The molecule has 1 aliphatic heterocycles. The van der Waals surface area contributed by atoms with Gasteiger partial charge in [0.1, 0.15) is 0 Å². The van der Waals surface area contributed by atoms with E-state index in [1.165, 1.54) is 32.4 Å². The quantitative estimate of drug-likeness (QED) is 0.421. The molecule has 0 atom stereocenters. The standard InChI is InChI=1S/C14H30N4.HI/c1-12(2)4-8-16-14(15)17-9-5-13-6-10-18(3)11-7-13;/h12-13H,4-11H2,1-3H3,(H3,15,16,17);1H. The zero-order valence-electron chi connectivity index (χ0n) is 12.7. The summed E-state index contributed by atoms with van der Waals surface area (Å²) in [6, 6.07) is 0. The van der Waals surface area contributed by atoms with Crippen molar-refractivity contribution in [2.45, 2.75) is 39.5 Å². The monoisotopic (exact) mass is 382 g/mol. The predicted molar refractivity (Wildman–Crippen MR) is 94.2 cm³/mol. The minimum absolute atomic E-state index is 0. The summed E-state index contributed by atoms with van der Waals surface area (Å²) in [7, 11) is 2.20. The van der Waals surface area contributed by atoms with Crippen LogP contribution in [0.1, 0.15) is 39.5 Å². The number of aliphatic imine (C=N–C) groups is 1. The van der Waals surface area contributed by atoms with Crippen LogP contribution in [-0.2, 0) is 0 Å². The zero-order valence-corrected chi connectivity index (χ0v) is 15.0. The first-order valence-electron chi connectivity index (χ1n) is 7.30. The largest absolute Gasteiger partial charge is 0.370 e. The minimum Gasteiger partial charge on any atom is -0.370 e. The fourth-order valence-corrected chi connectivity index (χ4v) is 2.26. The Hall–Kier alpha value is -0.0400. The van der Waals surface area contributed by atoms with Crippen molar-refractivity contribution in [3.05, 3.63) is 0 Å². The van der Waals surface area contributed by atoms with E-state index in [1.54, 1.807) is 0 Å². The molecule has 0 bridgehead atoms. The van der Waals surface area contributed by atoms with Crippen molar-refractivity contribution in [3.8, 4) is 0 Å². The van der Waals surface area contributed by atoms with E-state index in [2.05, 4.69) is 36.1 Å². The van der Waals surface area contributed by atoms with E-state index in [0.717, 1.165) is 25.4 Å². The van der Waals surface area contributed by atoms with E-state index in [-0.39, 0.29) is 24.0 Å². The van der Waals surface area contributed by atoms with Crippen LogP contribution in [0.15, 0.2) is 4.99 Å². The normalized spacial score (nSPS) is 18.4. The van der Waals surface area contributed by atoms with E-state index in [4.69, 9.17) is 5.73 Å². The van der Waals surface area contributed by atoms with Gasteiger partial charge in [0.05, 0.1) is 0 Å². The molecule has 0 unspecified atom stereocenters. The van der Waals surface area contributed by atoms with Gasteiger partial charge in [-0.05, 0) is 57.7 Å². The van der Waals surface area contributed by atoms with E-state index in [1.807, 2.05) is 0 Å². The van der Waals surface area contributed by atoms with Gasteiger partial charge in [0.2, 0.25) is 0 Å². The predicted octanol–water partition coefficient (Wildman–Crippen LogP) is 2.29. The van der Waals surface area contributed by atoms with Crippen LogP contribution in [0.5, 0.6) is 0 Å². The molecule has 1 aliphatic rings. The fourth-order valence-electron chi connectivity index (χ4n) is 2.26. The maximum Gasteiger partial charge on any atom is 0.188 e. The lowest BCUT2D eigenvalue weighted by Crippen LogP contribution is -2.33. The Balaban J connectivity index is 0.00000324. The van der Waals surface area contributed by atoms with Gasteiger partial charge < -0.3 is 16.0 Å². The lowest BCUT2D eigenvalue weighted by Gasteiger charge is -2.28. The van der Waals surface area contributed by atoms with Crippen molar-refractivity contribution >= 4 is 29.9 Å². The Labute approximate surface area is 135 Å². The molecule has 4 nitrogen and oxygen atoms in total. The molecule has 1 fully saturated rings. The van der Waals surface area contributed by atoms with Gasteiger partial charge in [0.15, 0.2) is 5.96 Å². The summed E-state index contributed by atoms with van der Waals surface area (Å²) >= 11 is 0. The van der Waals surface area contributed by atoms with Crippen LogP contribution in [0.4, 0.5) is 0 Å². The number of rotatable bonds is 6. The van der Waals surface area contributed by atoms with E-state index in [9.17, 15) is 0 Å². The first-order valence-corrected chi connectivity index (χ1v) is 7.30. The Morgan fingerprint density at radius 2 is 2.00 bits per heavy atom. The highest BCUT2D eigenvalue weighted by Gasteiger charge is 2.15. The fraction of sp³-hybridized carbons (Fsp3) is 0.929. The van der Waals surface area contributed by atoms with E-state index in [0.29, 0.717) is 11.9 Å². The number of nitrogens with zero attached hydrogens (tertiary/aromatic N) is 2. The number of likely N-dealkylation sites (tertiary alicyclic amines) is 1. The lowest BCUT2D eigenvalue weighted by molar-refractivity contribution is 0.214. The summed E-state index contributed by atoms with van der Waals surface area (Å²) in [5.74, 6) is 2.17. The molecular weight excluding hydrogens is 351 g/mol. The molecule has 0 aliphatic carbocycles. The van der Waals surface area contributed by atoms with Gasteiger partial charge in [0, 0.05) is 13.1 Å². The van der Waals surface area contributed by atoms with Crippen molar-refractivity contribution in [1.82, 2.24) is 10.2 Å². The van der Waals surface area contributed by atoms with Gasteiger partial charge in [-0.15, -0.1) is 24.0 Å². The topological polar surface area (TPSA) is 53.6 Å². The molecule has 19 heavy (non-hydrogen) atoms. The van der Waals surface area contributed by atoms with Gasteiger partial charge in [-0.1, -0.05) is 13.8 Å². The van der Waals surface area contributed by atoms with Crippen LogP contribution < -0.4 is 11.1 Å². The molecule has 0 aromatic heterocycles. The molecule has 0 spiro atoms. The SMILES string of the molecule is CC(C)CCNC(N)=NCCC1CCN(C)CC1.I. The molecule has 0 saturated carbocycles. The minimum atomic E-state index is 0. The molecule has 114 valence electrons. The van der Waals surface area contributed by atoms with Gasteiger partial charge in [-0.2, -0.15) is 0 Å². The summed E-state index contributed by atoms with van der Waals surface area (Å²) in [6.07, 6.45) is 4.95. The second kappa shape index (κ2) is 10.7. The van der Waals surface area contributed by atoms with E-state index < -0.39 is 0 Å². The Morgan fingerprint density at radius 1 is 1.37 bits per heavy atom. The third-order valence-corrected chi connectivity index (χ3v) is 3.69. The van der Waals surface area contributed by atoms with Crippen molar-refractivity contribution < 1.29 is 0 Å². The maximum atomic E-state index is 5.83. The highest BCUT2D eigenvalue weighted by atomic mass is 127. The van der Waals surface area contributed by atoms with Crippen LogP contribution in [0.25, 0.3) is 0 Å². The van der Waals surface area contributed by atoms with Crippen molar-refractivity contribution in [3.63, 3.8) is 0 Å². The molecule has 5 heteroatoms. The second-order valence-electron chi connectivity index (χ2n) is 5.91. The van der Waals surface area contributed by atoms with Crippen LogP contribution in [-0.4, -0.2) is 44.1 Å². The Bertz CT molecular complexity index is 248. The average molecular weight is 382 g/mol. The molecule has 1 heterocycles. The summed E-state index contributed by atoms with van der Waals surface area (Å²) in [6.45, 7) is 8.70. The van der Waals surface area contributed by atoms with Crippen LogP contribution in [0.3, 0.4) is 0 Å². The third kappa shape index (κ3) is 9.49. The van der Waals surface area contributed by atoms with Gasteiger partial charge in [0.25, 0.3) is 0 Å². The molecule has 0 amide bonds. The zero-order chi connectivity index (χ0) is 13.4. The van der Waals surface area contributed by atoms with Crippen LogP contribution in [0, 0.1) is 11.8 Å². The maximum absolute atomic E-state index is 5.83. The van der Waals surface area contributed by atoms with E-state index >= 15 is 0 Å². The average Bonchev–Trinajstić information content (AvgIpc) is 2.31. The number of piperidine rings is 1. The molecule has 0 aromatic rings. The number of nitrogens with two attached hydrogens (primary N) is 1.